The molecule has 0 atom stereocenters. The van der Waals surface area contributed by atoms with Gasteiger partial charge in [-0.2, -0.15) is 5.10 Å². The van der Waals surface area contributed by atoms with Gasteiger partial charge in [0.25, 0.3) is 5.91 Å². The van der Waals surface area contributed by atoms with Gasteiger partial charge in [-0.25, -0.2) is 0 Å². The van der Waals surface area contributed by atoms with Crippen molar-refractivity contribution in [2.24, 2.45) is 13.0 Å². The van der Waals surface area contributed by atoms with Crippen LogP contribution in [0.25, 0.3) is 0 Å². The maximum absolute atomic E-state index is 12.4. The van der Waals surface area contributed by atoms with Gasteiger partial charge in [-0.1, -0.05) is 22.9 Å². The minimum atomic E-state index is 0.0953. The highest BCUT2D eigenvalue weighted by molar-refractivity contribution is 9.09. The van der Waals surface area contributed by atoms with Crippen molar-refractivity contribution in [2.45, 2.75) is 31.0 Å². The molecule has 0 unspecified atom stereocenters. The van der Waals surface area contributed by atoms with Gasteiger partial charge in [0.1, 0.15) is 0 Å². The van der Waals surface area contributed by atoms with Crippen LogP contribution in [-0.4, -0.2) is 39.0 Å². The summed E-state index contributed by atoms with van der Waals surface area (Å²) in [4.78, 5) is 14.8. The van der Waals surface area contributed by atoms with Gasteiger partial charge in [0, 0.05) is 31.7 Å². The van der Waals surface area contributed by atoms with Crippen LogP contribution in [0, 0.1) is 5.92 Å². The Kier molecular flexibility index (Phi) is 4.10. The SMILES string of the molecule is CCc1nn(C)cc1C(=O)N(C)CC1CC(Br)C1. The quantitative estimate of drug-likeness (QED) is 0.799. The van der Waals surface area contributed by atoms with Gasteiger partial charge in [0.15, 0.2) is 0 Å². The highest BCUT2D eigenvalue weighted by Gasteiger charge is 2.29. The van der Waals surface area contributed by atoms with Crippen LogP contribution in [0.2, 0.25) is 0 Å². The fourth-order valence-electron chi connectivity index (χ4n) is 2.45. The highest BCUT2D eigenvalue weighted by atomic mass is 79.9. The average molecular weight is 314 g/mol. The van der Waals surface area contributed by atoms with Crippen molar-refractivity contribution in [2.75, 3.05) is 13.6 Å². The molecule has 0 bridgehead atoms. The lowest BCUT2D eigenvalue weighted by atomic mass is 9.85. The van der Waals surface area contributed by atoms with Crippen molar-refractivity contribution in [1.82, 2.24) is 14.7 Å². The van der Waals surface area contributed by atoms with Gasteiger partial charge < -0.3 is 4.90 Å². The molecule has 0 saturated heterocycles. The summed E-state index contributed by atoms with van der Waals surface area (Å²) in [5.74, 6) is 0.739. The number of alkyl halides is 1. The van der Waals surface area contributed by atoms with E-state index in [2.05, 4.69) is 21.0 Å². The standard InChI is InChI=1S/C13H20BrN3O/c1-4-12-11(8-17(3)15-12)13(18)16(2)7-9-5-10(14)6-9/h8-10H,4-7H2,1-3H3. The van der Waals surface area contributed by atoms with Gasteiger partial charge in [0.05, 0.1) is 11.3 Å². The summed E-state index contributed by atoms with van der Waals surface area (Å²) < 4.78 is 1.72. The summed E-state index contributed by atoms with van der Waals surface area (Å²) in [6, 6.07) is 0. The molecule has 0 radical (unpaired) electrons. The van der Waals surface area contributed by atoms with Crippen LogP contribution in [0.4, 0.5) is 0 Å². The first kappa shape index (κ1) is 13.6. The smallest absolute Gasteiger partial charge is 0.257 e. The molecule has 1 aromatic heterocycles. The van der Waals surface area contributed by atoms with Crippen LogP contribution in [0.3, 0.4) is 0 Å². The molecular weight excluding hydrogens is 294 g/mol. The second-order valence-electron chi connectivity index (χ2n) is 5.14. The summed E-state index contributed by atoms with van der Waals surface area (Å²) in [6.45, 7) is 2.87. The lowest BCUT2D eigenvalue weighted by Gasteiger charge is -2.34. The zero-order valence-corrected chi connectivity index (χ0v) is 12.8. The van der Waals surface area contributed by atoms with Crippen molar-refractivity contribution >= 4 is 21.8 Å². The van der Waals surface area contributed by atoms with Crippen LogP contribution in [0.1, 0.15) is 35.8 Å². The van der Waals surface area contributed by atoms with Crippen LogP contribution < -0.4 is 0 Å². The molecule has 0 aromatic carbocycles. The van der Waals surface area contributed by atoms with E-state index in [0.717, 1.165) is 24.2 Å². The Morgan fingerprint density at radius 3 is 2.83 bits per heavy atom. The molecule has 1 aliphatic rings. The Morgan fingerprint density at radius 2 is 2.28 bits per heavy atom. The molecule has 5 heteroatoms. The number of hydrogen-bond acceptors (Lipinski definition) is 2. The third kappa shape index (κ3) is 2.76. The normalized spacial score (nSPS) is 22.7. The third-order valence-electron chi connectivity index (χ3n) is 3.53. The van der Waals surface area contributed by atoms with Gasteiger partial charge in [-0.3, -0.25) is 9.48 Å². The number of halogens is 1. The minimum Gasteiger partial charge on any atom is -0.341 e. The molecule has 2 rings (SSSR count). The van der Waals surface area contributed by atoms with E-state index in [1.807, 2.05) is 32.1 Å². The molecule has 1 fully saturated rings. The van der Waals surface area contributed by atoms with E-state index in [0.29, 0.717) is 10.7 Å². The van der Waals surface area contributed by atoms with E-state index in [4.69, 9.17) is 0 Å². The molecule has 1 amide bonds. The number of nitrogens with zero attached hydrogens (tertiary/aromatic N) is 3. The Bertz CT molecular complexity index is 437. The zero-order chi connectivity index (χ0) is 13.3. The molecule has 1 heterocycles. The van der Waals surface area contributed by atoms with Crippen LogP contribution in [0.5, 0.6) is 0 Å². The molecule has 1 aliphatic carbocycles. The predicted octanol–water partition coefficient (Wildman–Crippen LogP) is 2.23. The number of aromatic nitrogens is 2. The first-order valence-corrected chi connectivity index (χ1v) is 7.34. The lowest BCUT2D eigenvalue weighted by molar-refractivity contribution is 0.0747. The van der Waals surface area contributed by atoms with E-state index in [9.17, 15) is 4.79 Å². The number of rotatable bonds is 4. The van der Waals surface area contributed by atoms with Crippen LogP contribution in [0.15, 0.2) is 6.20 Å². The average Bonchev–Trinajstić information content (AvgIpc) is 2.67. The Balaban J connectivity index is 2.01. The van der Waals surface area contributed by atoms with Crippen molar-refractivity contribution in [3.05, 3.63) is 17.5 Å². The number of carbonyl (C=O) groups is 1. The minimum absolute atomic E-state index is 0.0953. The van der Waals surface area contributed by atoms with E-state index in [1.54, 1.807) is 4.68 Å². The number of amides is 1. The topological polar surface area (TPSA) is 38.1 Å². The second kappa shape index (κ2) is 5.43. The monoisotopic (exact) mass is 313 g/mol. The maximum atomic E-state index is 12.4. The molecule has 0 aliphatic heterocycles. The van der Waals surface area contributed by atoms with Crippen LogP contribution >= 0.6 is 15.9 Å². The molecule has 1 aromatic rings. The molecular formula is C13H20BrN3O. The van der Waals surface area contributed by atoms with Gasteiger partial charge >= 0.3 is 0 Å². The molecule has 0 spiro atoms. The summed E-state index contributed by atoms with van der Waals surface area (Å²) in [6.07, 6.45) is 4.96. The van der Waals surface area contributed by atoms with Crippen molar-refractivity contribution < 1.29 is 4.79 Å². The van der Waals surface area contributed by atoms with Gasteiger partial charge in [-0.15, -0.1) is 0 Å². The van der Waals surface area contributed by atoms with Crippen LogP contribution in [-0.2, 0) is 13.5 Å². The van der Waals surface area contributed by atoms with E-state index < -0.39 is 0 Å². The molecule has 18 heavy (non-hydrogen) atoms. The van der Waals surface area contributed by atoms with Gasteiger partial charge in [-0.05, 0) is 25.2 Å². The predicted molar refractivity (Wildman–Crippen MR) is 75.0 cm³/mol. The Morgan fingerprint density at radius 1 is 1.61 bits per heavy atom. The number of carbonyl (C=O) groups excluding carboxylic acids is 1. The lowest BCUT2D eigenvalue weighted by Crippen LogP contribution is -2.37. The summed E-state index contributed by atoms with van der Waals surface area (Å²) >= 11 is 3.58. The van der Waals surface area contributed by atoms with E-state index in [1.165, 1.54) is 12.8 Å². The molecule has 100 valence electrons. The highest BCUT2D eigenvalue weighted by Crippen LogP contribution is 2.33. The maximum Gasteiger partial charge on any atom is 0.257 e. The first-order valence-electron chi connectivity index (χ1n) is 6.43. The third-order valence-corrected chi connectivity index (χ3v) is 4.28. The van der Waals surface area contributed by atoms with Crippen molar-refractivity contribution in [3.8, 4) is 0 Å². The fourth-order valence-corrected chi connectivity index (χ4v) is 3.51. The second-order valence-corrected chi connectivity index (χ2v) is 6.43. The molecule has 1 saturated carbocycles. The van der Waals surface area contributed by atoms with E-state index in [-0.39, 0.29) is 5.91 Å². The Labute approximate surface area is 116 Å². The number of aryl methyl sites for hydroxylation is 2. The molecule has 0 N–H and O–H groups in total. The zero-order valence-electron chi connectivity index (χ0n) is 11.2. The van der Waals surface area contributed by atoms with E-state index >= 15 is 0 Å². The fraction of sp³-hybridized carbons (Fsp3) is 0.692. The summed E-state index contributed by atoms with van der Waals surface area (Å²) in [5, 5.41) is 4.32. The number of hydrogen-bond donors (Lipinski definition) is 0. The summed E-state index contributed by atoms with van der Waals surface area (Å²) in [7, 11) is 3.74. The first-order chi connectivity index (χ1) is 8.51. The van der Waals surface area contributed by atoms with Crippen molar-refractivity contribution in [1.29, 1.82) is 0 Å². The largest absolute Gasteiger partial charge is 0.341 e. The molecule has 4 nitrogen and oxygen atoms in total. The summed E-state index contributed by atoms with van der Waals surface area (Å²) in [5.41, 5.74) is 1.64. The van der Waals surface area contributed by atoms with Crippen molar-refractivity contribution in [3.63, 3.8) is 0 Å². The Hall–Kier alpha value is -0.840. The van der Waals surface area contributed by atoms with Gasteiger partial charge in [0.2, 0.25) is 0 Å².